The number of hydrogen-bond acceptors (Lipinski definition) is 4. The van der Waals surface area contributed by atoms with E-state index in [1.54, 1.807) is 0 Å². The number of aromatic nitrogens is 4. The number of nitrogens with zero attached hydrogens (tertiary/aromatic N) is 4. The van der Waals surface area contributed by atoms with Gasteiger partial charge in [-0.1, -0.05) is 35.5 Å². The van der Waals surface area contributed by atoms with Gasteiger partial charge in [0.1, 0.15) is 5.76 Å². The number of imidazole rings is 1. The number of hydrogen-bond donors (Lipinski definition) is 0. The minimum Gasteiger partial charge on any atom is -0.361 e. The molecule has 1 unspecified atom stereocenters. The zero-order chi connectivity index (χ0) is 16.7. The van der Waals surface area contributed by atoms with Crippen molar-refractivity contribution in [1.29, 1.82) is 0 Å². The van der Waals surface area contributed by atoms with Crippen molar-refractivity contribution in [3.8, 4) is 11.1 Å². The molecule has 0 bridgehead atoms. The van der Waals surface area contributed by atoms with Gasteiger partial charge in [-0.3, -0.25) is 0 Å². The fourth-order valence-electron chi connectivity index (χ4n) is 3.15. The third kappa shape index (κ3) is 2.29. The van der Waals surface area contributed by atoms with Gasteiger partial charge in [0, 0.05) is 17.3 Å². The summed E-state index contributed by atoms with van der Waals surface area (Å²) in [6, 6.07) is 12.7. The van der Waals surface area contributed by atoms with Crippen molar-refractivity contribution < 1.29 is 4.52 Å². The predicted molar refractivity (Wildman–Crippen MR) is 92.8 cm³/mol. The second-order valence-corrected chi connectivity index (χ2v) is 6.00. The molecule has 0 aliphatic carbocycles. The summed E-state index contributed by atoms with van der Waals surface area (Å²) in [4.78, 5) is 8.96. The van der Waals surface area contributed by atoms with Crippen molar-refractivity contribution in [1.82, 2.24) is 19.7 Å². The number of fused-ring (bicyclic) bond motifs is 1. The summed E-state index contributed by atoms with van der Waals surface area (Å²) in [7, 11) is 0. The highest BCUT2D eigenvalue weighted by Crippen LogP contribution is 2.30. The van der Waals surface area contributed by atoms with Gasteiger partial charge in [0.25, 0.3) is 0 Å². The van der Waals surface area contributed by atoms with Gasteiger partial charge < -0.3 is 9.09 Å². The molecule has 4 aromatic rings. The Hall–Kier alpha value is -2.95. The maximum absolute atomic E-state index is 5.29. The van der Waals surface area contributed by atoms with E-state index in [1.165, 1.54) is 5.56 Å². The molecule has 4 rings (SSSR count). The second kappa shape index (κ2) is 5.60. The van der Waals surface area contributed by atoms with E-state index in [0.717, 1.165) is 33.7 Å². The van der Waals surface area contributed by atoms with Gasteiger partial charge in [-0.25, -0.2) is 9.97 Å². The molecule has 3 aromatic heterocycles. The van der Waals surface area contributed by atoms with Crippen LogP contribution in [0, 0.1) is 13.8 Å². The van der Waals surface area contributed by atoms with Gasteiger partial charge in [0.2, 0.25) is 0 Å². The Kier molecular flexibility index (Phi) is 3.41. The Labute approximate surface area is 140 Å². The molecule has 0 spiro atoms. The number of rotatable bonds is 3. The minimum absolute atomic E-state index is 0.179. The normalized spacial score (nSPS) is 12.6. The van der Waals surface area contributed by atoms with E-state index in [4.69, 9.17) is 4.52 Å². The third-order valence-corrected chi connectivity index (χ3v) is 4.45. The van der Waals surface area contributed by atoms with E-state index in [2.05, 4.69) is 56.9 Å². The van der Waals surface area contributed by atoms with Crippen LogP contribution in [0.25, 0.3) is 22.3 Å². The van der Waals surface area contributed by atoms with Crippen LogP contribution in [0.2, 0.25) is 0 Å². The molecule has 0 fully saturated rings. The zero-order valence-electron chi connectivity index (χ0n) is 13.9. The first-order valence-electron chi connectivity index (χ1n) is 7.96. The average molecular weight is 318 g/mol. The van der Waals surface area contributed by atoms with Gasteiger partial charge in [0.05, 0.1) is 23.6 Å². The van der Waals surface area contributed by atoms with Crippen LogP contribution >= 0.6 is 0 Å². The van der Waals surface area contributed by atoms with E-state index in [9.17, 15) is 0 Å². The highest BCUT2D eigenvalue weighted by atomic mass is 16.5. The molecule has 0 amide bonds. The summed E-state index contributed by atoms with van der Waals surface area (Å²) in [5, 5.41) is 4.04. The standard InChI is InChI=1S/C19H18N4O/c1-12-18(14(3)24-22-12)16-9-17-19(20-10-16)21-11-23(17)13(2)15-7-5-4-6-8-15/h4-11,13H,1-3H3. The Morgan fingerprint density at radius 1 is 1.08 bits per heavy atom. The molecule has 0 aliphatic rings. The summed E-state index contributed by atoms with van der Waals surface area (Å²) >= 11 is 0. The van der Waals surface area contributed by atoms with Crippen LogP contribution in [-0.4, -0.2) is 19.7 Å². The van der Waals surface area contributed by atoms with Gasteiger partial charge in [0.15, 0.2) is 5.65 Å². The fraction of sp³-hybridized carbons (Fsp3) is 0.211. The predicted octanol–water partition coefficient (Wildman–Crippen LogP) is 4.31. The van der Waals surface area contributed by atoms with Crippen molar-refractivity contribution in [2.45, 2.75) is 26.8 Å². The lowest BCUT2D eigenvalue weighted by atomic mass is 10.1. The number of pyridine rings is 1. The van der Waals surface area contributed by atoms with Crippen LogP contribution in [0.15, 0.2) is 53.4 Å². The Balaban J connectivity index is 1.85. The van der Waals surface area contributed by atoms with Crippen molar-refractivity contribution in [2.24, 2.45) is 0 Å². The van der Waals surface area contributed by atoms with E-state index < -0.39 is 0 Å². The molecular formula is C19H18N4O. The summed E-state index contributed by atoms with van der Waals surface area (Å²) < 4.78 is 7.44. The first kappa shape index (κ1) is 14.6. The quantitative estimate of drug-likeness (QED) is 0.565. The lowest BCUT2D eigenvalue weighted by Gasteiger charge is -2.15. The SMILES string of the molecule is Cc1noc(C)c1-c1cnc2ncn(C(C)c3ccccc3)c2c1. The van der Waals surface area contributed by atoms with E-state index in [-0.39, 0.29) is 6.04 Å². The lowest BCUT2D eigenvalue weighted by Crippen LogP contribution is -2.05. The van der Waals surface area contributed by atoms with Crippen molar-refractivity contribution in [2.75, 3.05) is 0 Å². The molecule has 24 heavy (non-hydrogen) atoms. The van der Waals surface area contributed by atoms with Crippen molar-refractivity contribution in [3.63, 3.8) is 0 Å². The molecule has 120 valence electrons. The average Bonchev–Trinajstić information content (AvgIpc) is 3.17. The lowest BCUT2D eigenvalue weighted by molar-refractivity contribution is 0.393. The molecule has 0 radical (unpaired) electrons. The molecule has 3 heterocycles. The Bertz CT molecular complexity index is 981. The van der Waals surface area contributed by atoms with E-state index in [0.29, 0.717) is 0 Å². The number of benzene rings is 1. The monoisotopic (exact) mass is 318 g/mol. The molecule has 5 nitrogen and oxygen atoms in total. The minimum atomic E-state index is 0.179. The largest absolute Gasteiger partial charge is 0.361 e. The van der Waals surface area contributed by atoms with Crippen LogP contribution in [-0.2, 0) is 0 Å². The van der Waals surface area contributed by atoms with E-state index >= 15 is 0 Å². The molecule has 1 aromatic carbocycles. The summed E-state index contributed by atoms with van der Waals surface area (Å²) in [5.74, 6) is 0.802. The molecule has 0 N–H and O–H groups in total. The number of aryl methyl sites for hydroxylation is 2. The van der Waals surface area contributed by atoms with Crippen LogP contribution < -0.4 is 0 Å². The highest BCUT2D eigenvalue weighted by Gasteiger charge is 2.16. The zero-order valence-corrected chi connectivity index (χ0v) is 13.9. The van der Waals surface area contributed by atoms with Gasteiger partial charge in [-0.05, 0) is 32.4 Å². The van der Waals surface area contributed by atoms with Crippen LogP contribution in [0.1, 0.15) is 30.0 Å². The molecule has 1 atom stereocenters. The second-order valence-electron chi connectivity index (χ2n) is 6.00. The topological polar surface area (TPSA) is 56.7 Å². The van der Waals surface area contributed by atoms with Crippen molar-refractivity contribution >= 4 is 11.2 Å². The van der Waals surface area contributed by atoms with Gasteiger partial charge in [-0.15, -0.1) is 0 Å². The maximum Gasteiger partial charge on any atom is 0.177 e. The van der Waals surface area contributed by atoms with Crippen LogP contribution in [0.5, 0.6) is 0 Å². The van der Waals surface area contributed by atoms with Crippen LogP contribution in [0.3, 0.4) is 0 Å². The fourth-order valence-corrected chi connectivity index (χ4v) is 3.15. The first-order chi connectivity index (χ1) is 11.6. The van der Waals surface area contributed by atoms with Crippen molar-refractivity contribution in [3.05, 3.63) is 65.9 Å². The molecular weight excluding hydrogens is 300 g/mol. The maximum atomic E-state index is 5.29. The summed E-state index contributed by atoms with van der Waals surface area (Å²) in [6.45, 7) is 6.03. The van der Waals surface area contributed by atoms with Crippen LogP contribution in [0.4, 0.5) is 0 Å². The molecule has 5 heteroatoms. The molecule has 0 saturated heterocycles. The Morgan fingerprint density at radius 2 is 1.88 bits per heavy atom. The smallest absolute Gasteiger partial charge is 0.177 e. The Morgan fingerprint density at radius 3 is 2.58 bits per heavy atom. The van der Waals surface area contributed by atoms with Gasteiger partial charge >= 0.3 is 0 Å². The van der Waals surface area contributed by atoms with Gasteiger partial charge in [-0.2, -0.15) is 0 Å². The third-order valence-electron chi connectivity index (χ3n) is 4.45. The van der Waals surface area contributed by atoms with E-state index in [1.807, 2.05) is 32.4 Å². The summed E-state index contributed by atoms with van der Waals surface area (Å²) in [5.41, 5.74) is 5.86. The molecule has 0 saturated carbocycles. The highest BCUT2D eigenvalue weighted by molar-refractivity contribution is 5.79. The summed E-state index contributed by atoms with van der Waals surface area (Å²) in [6.07, 6.45) is 3.69. The molecule has 0 aliphatic heterocycles. The first-order valence-corrected chi connectivity index (χ1v) is 7.96.